The van der Waals surface area contributed by atoms with E-state index in [0.29, 0.717) is 10.4 Å². The summed E-state index contributed by atoms with van der Waals surface area (Å²) in [7, 11) is 0. The molecule has 2 N–H and O–H groups in total. The molecule has 0 aliphatic carbocycles. The fourth-order valence-corrected chi connectivity index (χ4v) is 2.43. The summed E-state index contributed by atoms with van der Waals surface area (Å²) in [6, 6.07) is 0. The number of nitrogens with one attached hydrogen (secondary N) is 1. The molecule has 0 saturated carbocycles. The largest absolute Gasteiger partial charge is 0.395 e. The Kier molecular flexibility index (Phi) is 2.45. The molecule has 0 aromatic carbocycles. The van der Waals surface area contributed by atoms with Crippen LogP contribution in [0.5, 0.6) is 0 Å². The molecule has 1 aliphatic rings. The molecular weight excluding hydrogens is 306 g/mol. The Morgan fingerprint density at radius 3 is 2.89 bits per heavy atom. The van der Waals surface area contributed by atoms with Gasteiger partial charge in [0, 0.05) is 6.54 Å². The van der Waals surface area contributed by atoms with Gasteiger partial charge in [-0.15, -0.1) is 0 Å². The number of anilines is 1. The topological polar surface area (TPSA) is 102 Å². The second-order valence-electron chi connectivity index (χ2n) is 3.80. The number of fused-ring (bicyclic) bond motifs is 2. The highest BCUT2D eigenvalue weighted by Crippen LogP contribution is 2.19. The SMILES string of the molecule is O=C1Cn2c(nc3c(nc(Br)n3CCO)c2=O)N1. The van der Waals surface area contributed by atoms with E-state index in [2.05, 4.69) is 31.2 Å². The van der Waals surface area contributed by atoms with Crippen molar-refractivity contribution in [1.82, 2.24) is 19.1 Å². The van der Waals surface area contributed by atoms with E-state index in [0.717, 1.165) is 0 Å². The van der Waals surface area contributed by atoms with Crippen LogP contribution in [0.2, 0.25) is 0 Å². The van der Waals surface area contributed by atoms with Crippen LogP contribution in [0.3, 0.4) is 0 Å². The average molecular weight is 314 g/mol. The molecule has 2 aromatic rings. The molecular formula is C9H8BrN5O3. The van der Waals surface area contributed by atoms with E-state index in [1.54, 1.807) is 4.57 Å². The number of rotatable bonds is 2. The monoisotopic (exact) mass is 313 g/mol. The minimum absolute atomic E-state index is 0.0401. The number of hydrogen-bond acceptors (Lipinski definition) is 5. The first kappa shape index (κ1) is 11.4. The number of imidazole rings is 1. The number of carbonyl (C=O) groups is 1. The van der Waals surface area contributed by atoms with Gasteiger partial charge in [-0.2, -0.15) is 4.98 Å². The van der Waals surface area contributed by atoms with Crippen molar-refractivity contribution in [3.8, 4) is 0 Å². The Bertz CT molecular complexity index is 719. The summed E-state index contributed by atoms with van der Waals surface area (Å²) in [6.07, 6.45) is 0. The van der Waals surface area contributed by atoms with E-state index < -0.39 is 0 Å². The quantitative estimate of drug-likeness (QED) is 0.714. The second-order valence-corrected chi connectivity index (χ2v) is 4.51. The number of nitrogens with zero attached hydrogens (tertiary/aromatic N) is 4. The van der Waals surface area contributed by atoms with Crippen LogP contribution in [0.1, 0.15) is 0 Å². The van der Waals surface area contributed by atoms with Crippen LogP contribution < -0.4 is 10.9 Å². The van der Waals surface area contributed by atoms with E-state index in [1.807, 2.05) is 0 Å². The molecule has 0 saturated heterocycles. The summed E-state index contributed by atoms with van der Waals surface area (Å²) in [4.78, 5) is 31.6. The molecule has 0 spiro atoms. The average Bonchev–Trinajstić information content (AvgIpc) is 2.83. The third-order valence-corrected chi connectivity index (χ3v) is 3.29. The maximum Gasteiger partial charge on any atom is 0.283 e. The van der Waals surface area contributed by atoms with Gasteiger partial charge in [-0.3, -0.25) is 19.5 Å². The molecule has 3 rings (SSSR count). The molecule has 9 heteroatoms. The zero-order valence-corrected chi connectivity index (χ0v) is 10.6. The molecule has 3 heterocycles. The standard InChI is InChI=1S/C9H8BrN5O3/c10-8-12-5-6(14(8)1-2-16)13-9-11-4(17)3-15(9)7(5)18/h16H,1-3H2,(H,11,13,17). The van der Waals surface area contributed by atoms with Crippen molar-refractivity contribution in [2.45, 2.75) is 13.1 Å². The first-order chi connectivity index (χ1) is 8.61. The van der Waals surface area contributed by atoms with Gasteiger partial charge in [0.1, 0.15) is 6.54 Å². The van der Waals surface area contributed by atoms with Crippen molar-refractivity contribution in [3.63, 3.8) is 0 Å². The summed E-state index contributed by atoms with van der Waals surface area (Å²) in [5.41, 5.74) is 0.149. The Hall–Kier alpha value is -1.74. The van der Waals surface area contributed by atoms with Crippen LogP contribution >= 0.6 is 15.9 Å². The van der Waals surface area contributed by atoms with E-state index in [-0.39, 0.29) is 42.6 Å². The Labute approximate surface area is 108 Å². The van der Waals surface area contributed by atoms with Crippen molar-refractivity contribution < 1.29 is 9.90 Å². The number of aliphatic hydroxyl groups excluding tert-OH is 1. The molecule has 0 fully saturated rings. The Morgan fingerprint density at radius 1 is 1.39 bits per heavy atom. The molecule has 0 atom stereocenters. The summed E-state index contributed by atoms with van der Waals surface area (Å²) in [5, 5.41) is 11.5. The lowest BCUT2D eigenvalue weighted by molar-refractivity contribution is -0.115. The molecule has 18 heavy (non-hydrogen) atoms. The van der Waals surface area contributed by atoms with Crippen LogP contribution in [0.25, 0.3) is 11.2 Å². The minimum atomic E-state index is -0.370. The van der Waals surface area contributed by atoms with E-state index in [1.165, 1.54) is 4.57 Å². The van der Waals surface area contributed by atoms with Gasteiger partial charge in [-0.25, -0.2) is 4.98 Å². The molecule has 0 unspecified atom stereocenters. The number of aromatic nitrogens is 4. The molecule has 8 nitrogen and oxygen atoms in total. The van der Waals surface area contributed by atoms with Crippen molar-refractivity contribution in [1.29, 1.82) is 0 Å². The lowest BCUT2D eigenvalue weighted by Gasteiger charge is -2.03. The zero-order chi connectivity index (χ0) is 12.9. The first-order valence-electron chi connectivity index (χ1n) is 5.19. The molecule has 1 amide bonds. The highest BCUT2D eigenvalue weighted by molar-refractivity contribution is 9.10. The molecule has 94 valence electrons. The normalized spacial score (nSPS) is 14.0. The Morgan fingerprint density at radius 2 is 2.17 bits per heavy atom. The van der Waals surface area contributed by atoms with Gasteiger partial charge >= 0.3 is 0 Å². The molecule has 1 aliphatic heterocycles. The first-order valence-corrected chi connectivity index (χ1v) is 5.98. The van der Waals surface area contributed by atoms with Crippen LogP contribution in [0.4, 0.5) is 5.95 Å². The van der Waals surface area contributed by atoms with Gasteiger partial charge in [0.2, 0.25) is 11.9 Å². The number of halogens is 1. The van der Waals surface area contributed by atoms with Gasteiger partial charge in [-0.1, -0.05) is 0 Å². The lowest BCUT2D eigenvalue weighted by Crippen LogP contribution is -2.20. The number of hydrogen-bond donors (Lipinski definition) is 2. The summed E-state index contributed by atoms with van der Waals surface area (Å²) >= 11 is 3.21. The highest BCUT2D eigenvalue weighted by atomic mass is 79.9. The highest BCUT2D eigenvalue weighted by Gasteiger charge is 2.24. The summed E-state index contributed by atoms with van der Waals surface area (Å²) < 4.78 is 3.24. The lowest BCUT2D eigenvalue weighted by atomic mass is 10.5. The van der Waals surface area contributed by atoms with Gasteiger partial charge in [0.15, 0.2) is 15.9 Å². The van der Waals surface area contributed by atoms with Crippen LogP contribution in [0.15, 0.2) is 9.53 Å². The predicted octanol–water partition coefficient (Wildman–Crippen LogP) is -0.700. The third-order valence-electron chi connectivity index (χ3n) is 2.69. The summed E-state index contributed by atoms with van der Waals surface area (Å²) in [6.45, 7) is 0.124. The number of amides is 1. The second kappa shape index (κ2) is 3.89. The maximum absolute atomic E-state index is 12.1. The van der Waals surface area contributed by atoms with Gasteiger partial charge < -0.3 is 9.67 Å². The smallest absolute Gasteiger partial charge is 0.283 e. The van der Waals surface area contributed by atoms with Gasteiger partial charge in [-0.05, 0) is 15.9 Å². The van der Waals surface area contributed by atoms with Crippen molar-refractivity contribution >= 4 is 38.9 Å². The molecule has 0 bridgehead atoms. The fraction of sp³-hybridized carbons (Fsp3) is 0.333. The van der Waals surface area contributed by atoms with E-state index in [4.69, 9.17) is 5.11 Å². The van der Waals surface area contributed by atoms with Gasteiger partial charge in [0.05, 0.1) is 6.61 Å². The van der Waals surface area contributed by atoms with Crippen LogP contribution in [-0.2, 0) is 17.9 Å². The van der Waals surface area contributed by atoms with Crippen LogP contribution in [-0.4, -0.2) is 36.7 Å². The zero-order valence-electron chi connectivity index (χ0n) is 9.05. The molecule has 0 radical (unpaired) electrons. The van der Waals surface area contributed by atoms with Crippen LogP contribution in [0, 0.1) is 0 Å². The number of aliphatic hydroxyl groups is 1. The summed E-state index contributed by atoms with van der Waals surface area (Å²) in [5.74, 6) is -0.0656. The maximum atomic E-state index is 12.1. The number of carbonyl (C=O) groups excluding carboxylic acids is 1. The van der Waals surface area contributed by atoms with Gasteiger partial charge in [0.25, 0.3) is 5.56 Å². The van der Waals surface area contributed by atoms with Crippen molar-refractivity contribution in [3.05, 3.63) is 15.1 Å². The Balaban J connectivity index is 2.33. The third kappa shape index (κ3) is 1.47. The predicted molar refractivity (Wildman–Crippen MR) is 65.2 cm³/mol. The molecule has 2 aromatic heterocycles. The van der Waals surface area contributed by atoms with Crippen molar-refractivity contribution in [2.24, 2.45) is 0 Å². The fourth-order valence-electron chi connectivity index (χ4n) is 1.91. The minimum Gasteiger partial charge on any atom is -0.395 e. The van der Waals surface area contributed by atoms with E-state index >= 15 is 0 Å². The van der Waals surface area contributed by atoms with E-state index in [9.17, 15) is 9.59 Å². The van der Waals surface area contributed by atoms with Crippen molar-refractivity contribution in [2.75, 3.05) is 11.9 Å².